The van der Waals surface area contributed by atoms with Crippen molar-refractivity contribution in [2.24, 2.45) is 5.92 Å². The predicted molar refractivity (Wildman–Crippen MR) is 104 cm³/mol. The fourth-order valence-electron chi connectivity index (χ4n) is 3.28. The highest BCUT2D eigenvalue weighted by Gasteiger charge is 2.29. The number of hydrogen-bond donors (Lipinski definition) is 0. The Hall–Kier alpha value is -1.96. The van der Waals surface area contributed by atoms with Crippen LogP contribution in [-0.2, 0) is 0 Å². The normalized spacial score (nSPS) is 15.2. The van der Waals surface area contributed by atoms with Gasteiger partial charge in [0.2, 0.25) is 0 Å². The van der Waals surface area contributed by atoms with Crippen LogP contribution in [0.4, 0.5) is 0 Å². The molecular weight excluding hydrogens is 308 g/mol. The lowest BCUT2D eigenvalue weighted by molar-refractivity contribution is 0.0973. The Balaban J connectivity index is 2.21. The summed E-state index contributed by atoms with van der Waals surface area (Å²) in [5, 5.41) is 0. The minimum atomic E-state index is -0.00133. The van der Waals surface area contributed by atoms with E-state index in [9.17, 15) is 9.59 Å². The zero-order valence-electron chi connectivity index (χ0n) is 16.5. The summed E-state index contributed by atoms with van der Waals surface area (Å²) in [5.74, 6) is 0.735. The van der Waals surface area contributed by atoms with Gasteiger partial charge in [0.05, 0.1) is 0 Å². The maximum atomic E-state index is 12.9. The molecule has 2 heteroatoms. The third-order valence-electron chi connectivity index (χ3n) is 5.20. The van der Waals surface area contributed by atoms with Crippen molar-refractivity contribution in [3.8, 4) is 0 Å². The van der Waals surface area contributed by atoms with Crippen LogP contribution in [0.5, 0.6) is 0 Å². The van der Waals surface area contributed by atoms with E-state index in [0.717, 1.165) is 23.5 Å². The number of hydrogen-bond acceptors (Lipinski definition) is 2. The molecule has 25 heavy (non-hydrogen) atoms. The summed E-state index contributed by atoms with van der Waals surface area (Å²) in [4.78, 5) is 25.6. The molecule has 0 saturated carbocycles. The van der Waals surface area contributed by atoms with Crippen molar-refractivity contribution >= 4 is 11.6 Å². The number of aryl methyl sites for hydroxylation is 2. The molecule has 0 N–H and O–H groups in total. The molecule has 0 fully saturated rings. The van der Waals surface area contributed by atoms with Crippen molar-refractivity contribution in [1.82, 2.24) is 0 Å². The van der Waals surface area contributed by atoms with Gasteiger partial charge in [0.1, 0.15) is 0 Å². The second-order valence-corrected chi connectivity index (χ2v) is 7.78. The molecule has 0 spiro atoms. The molecule has 0 radical (unpaired) electrons. The van der Waals surface area contributed by atoms with Crippen molar-refractivity contribution in [3.05, 3.63) is 57.2 Å². The summed E-state index contributed by atoms with van der Waals surface area (Å²) in [6, 6.07) is 3.73. The van der Waals surface area contributed by atoms with E-state index in [1.54, 1.807) is 6.92 Å². The molecule has 1 aliphatic rings. The number of carbonyl (C=O) groups excluding carboxylic acids is 2. The highest BCUT2D eigenvalue weighted by Crippen LogP contribution is 2.30. The number of allylic oxidation sites excluding steroid dienone is 4. The summed E-state index contributed by atoms with van der Waals surface area (Å²) in [5.41, 5.74) is 5.80. The Labute approximate surface area is 152 Å². The molecule has 1 aliphatic carbocycles. The second-order valence-electron chi connectivity index (χ2n) is 7.78. The molecule has 2 nitrogen and oxygen atoms in total. The Kier molecular flexibility index (Phi) is 6.16. The lowest BCUT2D eigenvalue weighted by Gasteiger charge is -2.20. The molecule has 0 unspecified atom stereocenters. The largest absolute Gasteiger partial charge is 0.289 e. The fraction of sp³-hybridized carbons (Fsp3) is 0.478. The van der Waals surface area contributed by atoms with Crippen LogP contribution in [0.2, 0.25) is 0 Å². The quantitative estimate of drug-likeness (QED) is 0.582. The first-order valence-corrected chi connectivity index (χ1v) is 9.28. The number of carbonyl (C=O) groups is 2. The van der Waals surface area contributed by atoms with Crippen LogP contribution < -0.4 is 0 Å². The third-order valence-corrected chi connectivity index (χ3v) is 5.20. The number of ketones is 2. The number of benzene rings is 1. The Morgan fingerprint density at radius 3 is 2.12 bits per heavy atom. The molecule has 134 valence electrons. The average Bonchev–Trinajstić information content (AvgIpc) is 2.54. The smallest absolute Gasteiger partial charge is 0.190 e. The molecule has 1 aromatic carbocycles. The van der Waals surface area contributed by atoms with Crippen molar-refractivity contribution in [2.75, 3.05) is 0 Å². The van der Waals surface area contributed by atoms with E-state index in [1.807, 2.05) is 26.0 Å². The summed E-state index contributed by atoms with van der Waals surface area (Å²) >= 11 is 0. The average molecular weight is 338 g/mol. The summed E-state index contributed by atoms with van der Waals surface area (Å²) < 4.78 is 0. The molecule has 0 aromatic heterocycles. The van der Waals surface area contributed by atoms with Crippen LogP contribution in [0.3, 0.4) is 0 Å². The maximum Gasteiger partial charge on any atom is 0.190 e. The van der Waals surface area contributed by atoms with Gasteiger partial charge in [0, 0.05) is 22.3 Å². The lowest BCUT2D eigenvalue weighted by atomic mass is 9.81. The molecule has 0 heterocycles. The SMILES string of the molecule is CC(=CCC1=C(C)C(=O)c2cc(C)c(C)cc2C1=O)CCCC(C)C. The Morgan fingerprint density at radius 2 is 1.56 bits per heavy atom. The van der Waals surface area contributed by atoms with Gasteiger partial charge in [0.15, 0.2) is 11.6 Å². The Morgan fingerprint density at radius 1 is 1.00 bits per heavy atom. The number of Topliss-reactive ketones (excluding diaryl/α,β-unsaturated/α-hetero) is 2. The van der Waals surface area contributed by atoms with Crippen LogP contribution >= 0.6 is 0 Å². The van der Waals surface area contributed by atoms with E-state index in [1.165, 1.54) is 18.4 Å². The van der Waals surface area contributed by atoms with Gasteiger partial charge in [-0.2, -0.15) is 0 Å². The first kappa shape index (κ1) is 19.4. The fourth-order valence-corrected chi connectivity index (χ4v) is 3.28. The van der Waals surface area contributed by atoms with E-state index in [4.69, 9.17) is 0 Å². The number of fused-ring (bicyclic) bond motifs is 1. The second kappa shape index (κ2) is 7.95. The molecule has 2 rings (SSSR count). The maximum absolute atomic E-state index is 12.9. The van der Waals surface area contributed by atoms with E-state index in [-0.39, 0.29) is 11.6 Å². The van der Waals surface area contributed by atoms with Crippen LogP contribution in [0.25, 0.3) is 0 Å². The monoisotopic (exact) mass is 338 g/mol. The minimum Gasteiger partial charge on any atom is -0.289 e. The first-order chi connectivity index (χ1) is 11.7. The van der Waals surface area contributed by atoms with Crippen molar-refractivity contribution in [2.45, 2.75) is 67.2 Å². The van der Waals surface area contributed by atoms with E-state index in [2.05, 4.69) is 26.8 Å². The van der Waals surface area contributed by atoms with Crippen LogP contribution in [0.1, 0.15) is 85.2 Å². The minimum absolute atomic E-state index is 0.00133. The van der Waals surface area contributed by atoms with Crippen LogP contribution in [0, 0.1) is 19.8 Å². The Bertz CT molecular complexity index is 761. The molecule has 1 aromatic rings. The van der Waals surface area contributed by atoms with Gasteiger partial charge in [-0.1, -0.05) is 31.9 Å². The molecule has 0 atom stereocenters. The van der Waals surface area contributed by atoms with Gasteiger partial charge in [-0.15, -0.1) is 0 Å². The van der Waals surface area contributed by atoms with Crippen molar-refractivity contribution in [3.63, 3.8) is 0 Å². The van der Waals surface area contributed by atoms with Gasteiger partial charge in [0.25, 0.3) is 0 Å². The molecule has 0 aliphatic heterocycles. The molecule has 0 bridgehead atoms. The standard InChI is InChI=1S/C23H30O2/c1-14(2)8-7-9-15(3)10-11-19-18(6)22(24)20-12-16(4)17(5)13-21(20)23(19)25/h10,12-14H,7-9,11H2,1-6H3. The zero-order chi connectivity index (χ0) is 18.7. The van der Waals surface area contributed by atoms with Gasteiger partial charge < -0.3 is 0 Å². The third kappa shape index (κ3) is 4.36. The van der Waals surface area contributed by atoms with E-state index in [0.29, 0.717) is 28.7 Å². The summed E-state index contributed by atoms with van der Waals surface area (Å²) in [7, 11) is 0. The van der Waals surface area contributed by atoms with Crippen LogP contribution in [-0.4, -0.2) is 11.6 Å². The summed E-state index contributed by atoms with van der Waals surface area (Å²) in [6.45, 7) is 12.3. The first-order valence-electron chi connectivity index (χ1n) is 9.28. The van der Waals surface area contributed by atoms with Gasteiger partial charge in [-0.25, -0.2) is 0 Å². The van der Waals surface area contributed by atoms with Gasteiger partial charge >= 0.3 is 0 Å². The lowest BCUT2D eigenvalue weighted by Crippen LogP contribution is -2.21. The highest BCUT2D eigenvalue weighted by molar-refractivity contribution is 6.26. The van der Waals surface area contributed by atoms with E-state index < -0.39 is 0 Å². The molecular formula is C23H30O2. The topological polar surface area (TPSA) is 34.1 Å². The van der Waals surface area contributed by atoms with Crippen molar-refractivity contribution in [1.29, 1.82) is 0 Å². The summed E-state index contributed by atoms with van der Waals surface area (Å²) in [6.07, 6.45) is 6.12. The molecule has 0 saturated heterocycles. The highest BCUT2D eigenvalue weighted by atomic mass is 16.1. The molecule has 0 amide bonds. The van der Waals surface area contributed by atoms with Gasteiger partial charge in [-0.05, 0) is 76.1 Å². The zero-order valence-corrected chi connectivity index (χ0v) is 16.5. The van der Waals surface area contributed by atoms with Crippen molar-refractivity contribution < 1.29 is 9.59 Å². The number of rotatable bonds is 6. The van der Waals surface area contributed by atoms with Crippen LogP contribution in [0.15, 0.2) is 34.9 Å². The van der Waals surface area contributed by atoms with Gasteiger partial charge in [-0.3, -0.25) is 9.59 Å². The predicted octanol–water partition coefficient (Wildman–Crippen LogP) is 6.16. The van der Waals surface area contributed by atoms with E-state index >= 15 is 0 Å².